The summed E-state index contributed by atoms with van der Waals surface area (Å²) in [6, 6.07) is 1.87. The van der Waals surface area contributed by atoms with Crippen LogP contribution in [0.2, 0.25) is 0 Å². The van der Waals surface area contributed by atoms with Crippen LogP contribution in [0.3, 0.4) is 0 Å². The number of hydrogen-bond acceptors (Lipinski definition) is 5. The highest BCUT2D eigenvalue weighted by Gasteiger charge is 2.24. The molecule has 1 aliphatic rings. The average molecular weight is 335 g/mol. The molecule has 2 N–H and O–H groups in total. The minimum Gasteiger partial charge on any atom is -0.396 e. The minimum absolute atomic E-state index is 0.0346. The maximum absolute atomic E-state index is 12.3. The van der Waals surface area contributed by atoms with E-state index < -0.39 is 0 Å². The first kappa shape index (κ1) is 15.9. The first-order valence-corrected chi connectivity index (χ1v) is 8.77. The number of hydrogen-bond donors (Lipinski definition) is 2. The van der Waals surface area contributed by atoms with E-state index in [2.05, 4.69) is 15.6 Å². The van der Waals surface area contributed by atoms with Gasteiger partial charge in [-0.1, -0.05) is 5.21 Å². The van der Waals surface area contributed by atoms with Crippen LogP contribution in [0.25, 0.3) is 0 Å². The van der Waals surface area contributed by atoms with Crippen LogP contribution >= 0.6 is 11.3 Å². The second-order valence-corrected chi connectivity index (χ2v) is 6.58. The third-order valence-corrected chi connectivity index (χ3v) is 4.66. The van der Waals surface area contributed by atoms with Crippen LogP contribution in [-0.2, 0) is 13.0 Å². The van der Waals surface area contributed by atoms with E-state index in [0.29, 0.717) is 12.3 Å². The van der Waals surface area contributed by atoms with Crippen LogP contribution < -0.4 is 5.32 Å². The fourth-order valence-electron chi connectivity index (χ4n) is 2.86. The van der Waals surface area contributed by atoms with Gasteiger partial charge in [-0.25, -0.2) is 4.79 Å². The Morgan fingerprint density at radius 3 is 3.22 bits per heavy atom. The van der Waals surface area contributed by atoms with Gasteiger partial charge in [0.25, 0.3) is 0 Å². The molecule has 2 aromatic heterocycles. The standard InChI is InChI=1S/C15H21N5O2S/c21-6-3-13-10-20(18-17-13)9-12-2-1-5-19(8-12)15(22)16-14-4-7-23-11-14/h4,7,10-12,21H,1-3,5-6,8-9H2,(H,16,22). The normalized spacial score (nSPS) is 18.1. The Morgan fingerprint density at radius 2 is 2.43 bits per heavy atom. The summed E-state index contributed by atoms with van der Waals surface area (Å²) in [4.78, 5) is 14.2. The van der Waals surface area contributed by atoms with Crippen molar-refractivity contribution in [2.45, 2.75) is 25.8 Å². The van der Waals surface area contributed by atoms with Gasteiger partial charge in [0, 0.05) is 44.2 Å². The number of likely N-dealkylation sites (tertiary alicyclic amines) is 1. The number of thiophene rings is 1. The van der Waals surface area contributed by atoms with Crippen molar-refractivity contribution < 1.29 is 9.90 Å². The van der Waals surface area contributed by atoms with Gasteiger partial charge < -0.3 is 15.3 Å². The molecule has 8 heteroatoms. The van der Waals surface area contributed by atoms with Crippen molar-refractivity contribution in [1.82, 2.24) is 19.9 Å². The summed E-state index contributed by atoms with van der Waals surface area (Å²) in [5.41, 5.74) is 1.66. The maximum Gasteiger partial charge on any atom is 0.321 e. The van der Waals surface area contributed by atoms with E-state index in [9.17, 15) is 4.79 Å². The number of carbonyl (C=O) groups is 1. The second kappa shape index (κ2) is 7.56. The third-order valence-electron chi connectivity index (χ3n) is 3.98. The molecule has 7 nitrogen and oxygen atoms in total. The molecule has 0 aromatic carbocycles. The van der Waals surface area contributed by atoms with Gasteiger partial charge >= 0.3 is 6.03 Å². The summed E-state index contributed by atoms with van der Waals surface area (Å²) >= 11 is 1.57. The number of aromatic nitrogens is 3. The van der Waals surface area contributed by atoms with Gasteiger partial charge in [0.05, 0.1) is 11.4 Å². The fourth-order valence-corrected chi connectivity index (χ4v) is 3.45. The molecule has 2 aromatic rings. The molecular weight excluding hydrogens is 314 g/mol. The van der Waals surface area contributed by atoms with E-state index in [0.717, 1.165) is 43.9 Å². The summed E-state index contributed by atoms with van der Waals surface area (Å²) in [7, 11) is 0. The topological polar surface area (TPSA) is 83.3 Å². The van der Waals surface area contributed by atoms with E-state index in [1.165, 1.54) is 0 Å². The van der Waals surface area contributed by atoms with E-state index in [1.54, 1.807) is 11.3 Å². The Morgan fingerprint density at radius 1 is 1.52 bits per heavy atom. The zero-order valence-electron chi connectivity index (χ0n) is 12.9. The molecule has 3 rings (SSSR count). The third kappa shape index (κ3) is 4.29. The lowest BCUT2D eigenvalue weighted by Gasteiger charge is -2.32. The molecule has 1 aliphatic heterocycles. The van der Waals surface area contributed by atoms with Gasteiger partial charge in [-0.3, -0.25) is 4.68 Å². The first-order valence-electron chi connectivity index (χ1n) is 7.82. The number of amides is 2. The molecule has 3 heterocycles. The van der Waals surface area contributed by atoms with E-state index >= 15 is 0 Å². The number of aliphatic hydroxyl groups excluding tert-OH is 1. The van der Waals surface area contributed by atoms with E-state index in [1.807, 2.05) is 32.6 Å². The predicted octanol–water partition coefficient (Wildman–Crippen LogP) is 1.82. The summed E-state index contributed by atoms with van der Waals surface area (Å²) in [6.07, 6.45) is 4.48. The number of urea groups is 1. The number of nitrogens with one attached hydrogen (secondary N) is 1. The lowest BCUT2D eigenvalue weighted by atomic mass is 9.98. The van der Waals surface area contributed by atoms with Crippen molar-refractivity contribution in [1.29, 1.82) is 0 Å². The van der Waals surface area contributed by atoms with Gasteiger partial charge in [-0.2, -0.15) is 11.3 Å². The van der Waals surface area contributed by atoms with Gasteiger partial charge in [0.1, 0.15) is 0 Å². The zero-order valence-corrected chi connectivity index (χ0v) is 13.7. The van der Waals surface area contributed by atoms with Crippen molar-refractivity contribution >= 4 is 23.1 Å². The Hall–Kier alpha value is -1.93. The number of nitrogens with zero attached hydrogens (tertiary/aromatic N) is 4. The quantitative estimate of drug-likeness (QED) is 0.873. The van der Waals surface area contributed by atoms with E-state index in [-0.39, 0.29) is 12.6 Å². The molecule has 0 aliphatic carbocycles. The Kier molecular flexibility index (Phi) is 5.24. The van der Waals surface area contributed by atoms with Gasteiger partial charge in [-0.15, -0.1) is 5.10 Å². The lowest BCUT2D eigenvalue weighted by Crippen LogP contribution is -2.43. The van der Waals surface area contributed by atoms with Crippen LogP contribution in [-0.4, -0.2) is 50.7 Å². The van der Waals surface area contributed by atoms with Crippen LogP contribution in [0.5, 0.6) is 0 Å². The molecule has 1 unspecified atom stereocenters. The van der Waals surface area contributed by atoms with Gasteiger partial charge in [0.2, 0.25) is 0 Å². The molecule has 23 heavy (non-hydrogen) atoms. The number of aliphatic hydroxyl groups is 1. The van der Waals surface area contributed by atoms with Crippen LogP contribution in [0, 0.1) is 5.92 Å². The summed E-state index contributed by atoms with van der Waals surface area (Å²) in [5, 5.41) is 23.9. The average Bonchev–Trinajstić information content (AvgIpc) is 3.20. The first-order chi connectivity index (χ1) is 11.2. The van der Waals surface area contributed by atoms with Crippen molar-refractivity contribution in [3.63, 3.8) is 0 Å². The molecule has 0 spiro atoms. The minimum atomic E-state index is -0.0346. The number of anilines is 1. The Bertz CT molecular complexity index is 628. The Balaban J connectivity index is 1.53. The molecule has 0 saturated carbocycles. The molecular formula is C15H21N5O2S. The highest BCUT2D eigenvalue weighted by atomic mass is 32.1. The monoisotopic (exact) mass is 335 g/mol. The zero-order chi connectivity index (χ0) is 16.1. The largest absolute Gasteiger partial charge is 0.396 e. The highest BCUT2D eigenvalue weighted by Crippen LogP contribution is 2.20. The molecule has 0 radical (unpaired) electrons. The van der Waals surface area contributed by atoms with Crippen molar-refractivity contribution in [2.24, 2.45) is 5.92 Å². The van der Waals surface area contributed by atoms with Crippen molar-refractivity contribution in [3.8, 4) is 0 Å². The molecule has 0 bridgehead atoms. The van der Waals surface area contributed by atoms with Gasteiger partial charge in [0.15, 0.2) is 0 Å². The smallest absolute Gasteiger partial charge is 0.321 e. The van der Waals surface area contributed by atoms with Crippen molar-refractivity contribution in [3.05, 3.63) is 28.7 Å². The number of piperidine rings is 1. The lowest BCUT2D eigenvalue weighted by molar-refractivity contribution is 0.168. The van der Waals surface area contributed by atoms with Crippen LogP contribution in [0.15, 0.2) is 23.0 Å². The van der Waals surface area contributed by atoms with Crippen LogP contribution in [0.4, 0.5) is 10.5 Å². The van der Waals surface area contributed by atoms with Crippen LogP contribution in [0.1, 0.15) is 18.5 Å². The summed E-state index contributed by atoms with van der Waals surface area (Å²) in [6.45, 7) is 2.35. The molecule has 1 fully saturated rings. The SMILES string of the molecule is O=C(Nc1ccsc1)N1CCCC(Cn2cc(CCO)nn2)C1. The summed E-state index contributed by atoms with van der Waals surface area (Å²) < 4.78 is 1.82. The molecule has 1 saturated heterocycles. The number of carbonyl (C=O) groups excluding carboxylic acids is 1. The summed E-state index contributed by atoms with van der Waals surface area (Å²) in [5.74, 6) is 0.376. The second-order valence-electron chi connectivity index (χ2n) is 5.80. The molecule has 124 valence electrons. The number of rotatable bonds is 5. The Labute approximate surface area is 138 Å². The molecule has 2 amide bonds. The predicted molar refractivity (Wildman–Crippen MR) is 88.4 cm³/mol. The van der Waals surface area contributed by atoms with Crippen molar-refractivity contribution in [2.75, 3.05) is 25.0 Å². The highest BCUT2D eigenvalue weighted by molar-refractivity contribution is 7.08. The molecule has 1 atom stereocenters. The van der Waals surface area contributed by atoms with E-state index in [4.69, 9.17) is 5.11 Å². The maximum atomic E-state index is 12.3. The fraction of sp³-hybridized carbons (Fsp3) is 0.533. The van der Waals surface area contributed by atoms with Gasteiger partial charge in [-0.05, 0) is 30.2 Å².